The summed E-state index contributed by atoms with van der Waals surface area (Å²) in [6, 6.07) is 2.16. The summed E-state index contributed by atoms with van der Waals surface area (Å²) in [4.78, 5) is -0.660. The Morgan fingerprint density at radius 3 is 1.58 bits per heavy atom. The van der Waals surface area contributed by atoms with Crippen molar-refractivity contribution in [2.75, 3.05) is 0 Å². The Labute approximate surface area is 212 Å². The molecular weight excluding hydrogens is 423 g/mol. The minimum atomic E-state index is -4.55. The maximum atomic E-state index is 11.2. The quantitative estimate of drug-likeness (QED) is 0.103. The number of rotatable bonds is 17. The summed E-state index contributed by atoms with van der Waals surface area (Å²) in [5.74, 6) is -0.736. The number of hydrogen-bond acceptors (Lipinski definition) is 4. The first-order valence-electron chi connectivity index (χ1n) is 11.8. The molecule has 0 amide bonds. The number of unbranched alkanes of at least 4 members (excludes halogenated alkanes) is 13. The topological polar surface area (TPSA) is 94.8 Å². The van der Waals surface area contributed by atoms with E-state index >= 15 is 0 Å². The van der Waals surface area contributed by atoms with Crippen molar-refractivity contribution in [3.8, 4) is 11.5 Å². The van der Waals surface area contributed by atoms with E-state index in [1.807, 2.05) is 6.92 Å². The van der Waals surface area contributed by atoms with E-state index in [0.29, 0.717) is 5.56 Å². The van der Waals surface area contributed by atoms with Crippen LogP contribution in [0.15, 0.2) is 17.0 Å². The first-order valence-corrected chi connectivity index (χ1v) is 13.2. The predicted molar refractivity (Wildman–Crippen MR) is 130 cm³/mol. The SMILES string of the molecule is CCCCCCCCCCCCCCCCC(C)c1cc(O)c(S(=O)(=O)O)cc1O.[NaH]. The molecule has 0 heterocycles. The Morgan fingerprint density at radius 1 is 0.742 bits per heavy atom. The molecule has 0 aliphatic carbocycles. The molecule has 0 fully saturated rings. The maximum absolute atomic E-state index is 11.2. The molecule has 0 spiro atoms. The average Bonchev–Trinajstić information content (AvgIpc) is 2.68. The van der Waals surface area contributed by atoms with Gasteiger partial charge in [-0.25, -0.2) is 0 Å². The van der Waals surface area contributed by atoms with E-state index in [1.54, 1.807) is 0 Å². The van der Waals surface area contributed by atoms with E-state index in [0.717, 1.165) is 25.3 Å². The summed E-state index contributed by atoms with van der Waals surface area (Å²) in [6.07, 6.45) is 19.1. The van der Waals surface area contributed by atoms with Gasteiger partial charge in [-0.2, -0.15) is 8.42 Å². The second kappa shape index (κ2) is 17.2. The third kappa shape index (κ3) is 13.1. The zero-order valence-electron chi connectivity index (χ0n) is 18.9. The van der Waals surface area contributed by atoms with Crippen molar-refractivity contribution in [3.05, 3.63) is 17.7 Å². The van der Waals surface area contributed by atoms with Crippen LogP contribution in [0.1, 0.15) is 122 Å². The van der Waals surface area contributed by atoms with Gasteiger partial charge in [0.05, 0.1) is 0 Å². The molecule has 1 atom stereocenters. The van der Waals surface area contributed by atoms with Crippen molar-refractivity contribution < 1.29 is 23.2 Å². The van der Waals surface area contributed by atoms with Crippen molar-refractivity contribution >= 4 is 39.7 Å². The van der Waals surface area contributed by atoms with Gasteiger partial charge in [0, 0.05) is 11.6 Å². The zero-order chi connectivity index (χ0) is 22.4. The van der Waals surface area contributed by atoms with Crippen LogP contribution in [0.25, 0.3) is 0 Å². The molecule has 1 unspecified atom stereocenters. The summed E-state index contributed by atoms with van der Waals surface area (Å²) in [6.45, 7) is 4.20. The molecule has 7 heteroatoms. The van der Waals surface area contributed by atoms with Gasteiger partial charge in [-0.1, -0.05) is 104 Å². The van der Waals surface area contributed by atoms with E-state index < -0.39 is 20.8 Å². The number of phenolic OH excluding ortho intramolecular Hbond substituents is 2. The van der Waals surface area contributed by atoms with Crippen molar-refractivity contribution in [1.29, 1.82) is 0 Å². The summed E-state index contributed by atoms with van der Waals surface area (Å²) < 4.78 is 31.5. The van der Waals surface area contributed by atoms with Gasteiger partial charge in [0.1, 0.15) is 16.4 Å². The molecule has 1 rings (SSSR count). The molecule has 1 aromatic carbocycles. The Hall–Kier alpha value is -0.270. The summed E-state index contributed by atoms with van der Waals surface area (Å²) >= 11 is 0. The molecule has 0 aliphatic heterocycles. The standard InChI is InChI=1S/C24H42O5S.Na.H/c1-3-4-5-6-7-8-9-10-11-12-13-14-15-16-17-20(2)21-18-23(26)24(19-22(21)25)30(27,28)29;;/h18-20,25-26H,3-17H2,1-2H3,(H,27,28,29);;. The molecule has 3 N–H and O–H groups in total. The van der Waals surface area contributed by atoms with Crippen LogP contribution >= 0.6 is 0 Å². The molecule has 0 aliphatic rings. The number of benzene rings is 1. The molecule has 31 heavy (non-hydrogen) atoms. The molecule has 0 aromatic heterocycles. The van der Waals surface area contributed by atoms with Gasteiger partial charge in [0.25, 0.3) is 10.1 Å². The number of aromatic hydroxyl groups is 2. The van der Waals surface area contributed by atoms with Gasteiger partial charge in [-0.05, 0) is 18.4 Å². The Kier molecular flexibility index (Phi) is 17.1. The molecule has 0 bridgehead atoms. The van der Waals surface area contributed by atoms with Crippen LogP contribution in [0.4, 0.5) is 0 Å². The molecular formula is C24H43NaO5S. The summed E-state index contributed by atoms with van der Waals surface area (Å²) in [5.41, 5.74) is 0.509. The van der Waals surface area contributed by atoms with Crippen molar-refractivity contribution in [1.82, 2.24) is 0 Å². The van der Waals surface area contributed by atoms with E-state index in [2.05, 4.69) is 6.92 Å². The second-order valence-corrected chi connectivity index (χ2v) is 10.0. The normalized spacial score (nSPS) is 12.5. The number of hydrogen-bond donors (Lipinski definition) is 3. The van der Waals surface area contributed by atoms with Crippen LogP contribution in [-0.2, 0) is 10.1 Å². The number of phenols is 2. The first kappa shape index (κ1) is 30.7. The molecule has 0 radical (unpaired) electrons. The van der Waals surface area contributed by atoms with Crippen LogP contribution in [0.5, 0.6) is 11.5 Å². The molecule has 176 valence electrons. The van der Waals surface area contributed by atoms with Gasteiger partial charge < -0.3 is 10.2 Å². The average molecular weight is 467 g/mol. The fourth-order valence-corrected chi connectivity index (χ4v) is 4.56. The van der Waals surface area contributed by atoms with Crippen LogP contribution in [0.2, 0.25) is 0 Å². The second-order valence-electron chi connectivity index (χ2n) is 8.64. The first-order chi connectivity index (χ1) is 14.3. The van der Waals surface area contributed by atoms with Gasteiger partial charge >= 0.3 is 29.6 Å². The van der Waals surface area contributed by atoms with Crippen LogP contribution in [0.3, 0.4) is 0 Å². The summed E-state index contributed by atoms with van der Waals surface area (Å²) in [5, 5.41) is 19.9. The predicted octanol–water partition coefficient (Wildman–Crippen LogP) is 6.67. The van der Waals surface area contributed by atoms with E-state index in [-0.39, 0.29) is 41.2 Å². The summed E-state index contributed by atoms with van der Waals surface area (Å²) in [7, 11) is -4.55. The van der Waals surface area contributed by atoms with Gasteiger partial charge in [0.2, 0.25) is 0 Å². The van der Waals surface area contributed by atoms with Gasteiger partial charge in [-0.3, -0.25) is 4.55 Å². The zero-order valence-corrected chi connectivity index (χ0v) is 19.7. The van der Waals surface area contributed by atoms with Crippen molar-refractivity contribution in [2.24, 2.45) is 0 Å². The molecule has 0 saturated carbocycles. The van der Waals surface area contributed by atoms with E-state index in [4.69, 9.17) is 4.55 Å². The van der Waals surface area contributed by atoms with Crippen LogP contribution < -0.4 is 0 Å². The fourth-order valence-electron chi connectivity index (χ4n) is 3.98. The van der Waals surface area contributed by atoms with Crippen molar-refractivity contribution in [2.45, 2.75) is 121 Å². The monoisotopic (exact) mass is 466 g/mol. The van der Waals surface area contributed by atoms with Crippen LogP contribution in [-0.4, -0.2) is 52.7 Å². The third-order valence-corrected chi connectivity index (χ3v) is 6.79. The van der Waals surface area contributed by atoms with E-state index in [9.17, 15) is 18.6 Å². The van der Waals surface area contributed by atoms with Gasteiger partial charge in [-0.15, -0.1) is 0 Å². The molecule has 1 aromatic rings. The molecule has 0 saturated heterocycles. The Balaban J connectivity index is 0.00000900. The van der Waals surface area contributed by atoms with Crippen molar-refractivity contribution in [3.63, 3.8) is 0 Å². The third-order valence-electron chi connectivity index (χ3n) is 5.91. The molecule has 5 nitrogen and oxygen atoms in total. The van der Waals surface area contributed by atoms with E-state index in [1.165, 1.54) is 83.1 Å². The minimum absolute atomic E-state index is 0. The fraction of sp³-hybridized carbons (Fsp3) is 0.750. The Morgan fingerprint density at radius 2 is 1.16 bits per heavy atom. The van der Waals surface area contributed by atoms with Gasteiger partial charge in [0.15, 0.2) is 0 Å². The van der Waals surface area contributed by atoms with Crippen LogP contribution in [0, 0.1) is 0 Å². The Bertz CT molecular complexity index is 706.